The molecule has 0 aliphatic carbocycles. The van der Waals surface area contributed by atoms with Crippen molar-refractivity contribution in [3.05, 3.63) is 35.9 Å². The van der Waals surface area contributed by atoms with Crippen LogP contribution in [0.1, 0.15) is 142 Å². The van der Waals surface area contributed by atoms with E-state index in [2.05, 4.69) is 32.9 Å². The quantitative estimate of drug-likeness (QED) is 0.0739. The number of rotatable bonds is 26. The third-order valence-electron chi connectivity index (χ3n) is 9.02. The molecule has 9 heteroatoms. The molecule has 1 unspecified atom stereocenters. The molecular weight excluding hydrogens is 585 g/mol. The minimum Gasteiger partial charge on any atom is -0.379 e. The predicted octanol–water partition coefficient (Wildman–Crippen LogP) is 12.5. The summed E-state index contributed by atoms with van der Waals surface area (Å²) in [5, 5.41) is 0. The van der Waals surface area contributed by atoms with E-state index < -0.39 is 30.9 Å². The molecular formula is C35H57F7O2. The summed E-state index contributed by atoms with van der Waals surface area (Å²) in [5.41, 5.74) is -3.68. The number of hydrogen-bond acceptors (Lipinski definition) is 2. The van der Waals surface area contributed by atoms with Crippen LogP contribution in [0.3, 0.4) is 0 Å². The third kappa shape index (κ3) is 16.3. The van der Waals surface area contributed by atoms with Crippen molar-refractivity contribution >= 4 is 0 Å². The first-order valence-corrected chi connectivity index (χ1v) is 16.8. The van der Waals surface area contributed by atoms with E-state index in [1.165, 1.54) is 24.8 Å². The second kappa shape index (κ2) is 21.4. The summed E-state index contributed by atoms with van der Waals surface area (Å²) in [6.07, 6.45) is 1.90. The van der Waals surface area contributed by atoms with Crippen LogP contribution >= 0.6 is 0 Å². The van der Waals surface area contributed by atoms with E-state index in [-0.39, 0.29) is 17.9 Å². The van der Waals surface area contributed by atoms with E-state index in [1.807, 2.05) is 18.2 Å². The van der Waals surface area contributed by atoms with Gasteiger partial charge in [0.15, 0.2) is 0 Å². The van der Waals surface area contributed by atoms with Gasteiger partial charge in [0.2, 0.25) is 0 Å². The molecule has 44 heavy (non-hydrogen) atoms. The van der Waals surface area contributed by atoms with E-state index >= 15 is 0 Å². The number of benzene rings is 1. The van der Waals surface area contributed by atoms with Gasteiger partial charge in [0, 0.05) is 6.61 Å². The maximum absolute atomic E-state index is 13.6. The Hall–Kier alpha value is -1.35. The fourth-order valence-corrected chi connectivity index (χ4v) is 5.40. The van der Waals surface area contributed by atoms with Crippen molar-refractivity contribution in [2.45, 2.75) is 167 Å². The predicted molar refractivity (Wildman–Crippen MR) is 164 cm³/mol. The van der Waals surface area contributed by atoms with Crippen molar-refractivity contribution in [3.63, 3.8) is 0 Å². The van der Waals surface area contributed by atoms with Gasteiger partial charge < -0.3 is 9.47 Å². The third-order valence-corrected chi connectivity index (χ3v) is 9.02. The van der Waals surface area contributed by atoms with Gasteiger partial charge in [-0.15, -0.1) is 0 Å². The van der Waals surface area contributed by atoms with Gasteiger partial charge in [0.1, 0.15) is 0 Å². The lowest BCUT2D eigenvalue weighted by atomic mass is 9.79. The second-order valence-corrected chi connectivity index (χ2v) is 12.7. The first kappa shape index (κ1) is 40.7. The SMILES string of the molecule is CCC(C)(CC)CC(COCCCCCCCCCCCCCCCCC(F)(C(F)(F)F)C(F)(F)F)OCc1ccccc1. The molecule has 0 aliphatic heterocycles. The molecule has 1 atom stereocenters. The van der Waals surface area contributed by atoms with Gasteiger partial charge in [-0.05, 0) is 36.7 Å². The summed E-state index contributed by atoms with van der Waals surface area (Å²) in [7, 11) is 0. The normalized spacial score (nSPS) is 13.9. The highest BCUT2D eigenvalue weighted by Crippen LogP contribution is 2.49. The molecule has 258 valence electrons. The van der Waals surface area contributed by atoms with Crippen molar-refractivity contribution in [1.29, 1.82) is 0 Å². The summed E-state index contributed by atoms with van der Waals surface area (Å²) in [4.78, 5) is 0. The molecule has 0 saturated heterocycles. The first-order chi connectivity index (χ1) is 20.8. The molecule has 0 aromatic heterocycles. The largest absolute Gasteiger partial charge is 0.431 e. The van der Waals surface area contributed by atoms with Gasteiger partial charge >= 0.3 is 12.4 Å². The summed E-state index contributed by atoms with van der Waals surface area (Å²) in [5.74, 6) is 0. The van der Waals surface area contributed by atoms with Crippen LogP contribution in [0.5, 0.6) is 0 Å². The Labute approximate surface area is 261 Å². The van der Waals surface area contributed by atoms with Crippen molar-refractivity contribution < 1.29 is 40.2 Å². The first-order valence-electron chi connectivity index (χ1n) is 16.8. The van der Waals surface area contributed by atoms with Gasteiger partial charge in [-0.3, -0.25) is 0 Å². The summed E-state index contributed by atoms with van der Waals surface area (Å²) in [6, 6.07) is 10.2. The summed E-state index contributed by atoms with van der Waals surface area (Å²) >= 11 is 0. The highest BCUT2D eigenvalue weighted by atomic mass is 19.4. The second-order valence-electron chi connectivity index (χ2n) is 12.7. The van der Waals surface area contributed by atoms with E-state index in [0.29, 0.717) is 19.6 Å². The van der Waals surface area contributed by atoms with E-state index in [0.717, 1.165) is 77.2 Å². The molecule has 0 N–H and O–H groups in total. The van der Waals surface area contributed by atoms with Crippen LogP contribution in [0.25, 0.3) is 0 Å². The topological polar surface area (TPSA) is 18.5 Å². The van der Waals surface area contributed by atoms with Gasteiger partial charge in [-0.2, -0.15) is 26.3 Å². The Morgan fingerprint density at radius 3 is 1.48 bits per heavy atom. The lowest BCUT2D eigenvalue weighted by molar-refractivity contribution is -0.343. The zero-order chi connectivity index (χ0) is 33.0. The molecule has 0 bridgehead atoms. The number of halogens is 7. The zero-order valence-corrected chi connectivity index (χ0v) is 27.3. The van der Waals surface area contributed by atoms with Crippen molar-refractivity contribution in [2.24, 2.45) is 5.41 Å². The molecule has 2 nitrogen and oxygen atoms in total. The van der Waals surface area contributed by atoms with Gasteiger partial charge in [0.05, 0.1) is 19.3 Å². The Morgan fingerprint density at radius 2 is 1.05 bits per heavy atom. The smallest absolute Gasteiger partial charge is 0.379 e. The van der Waals surface area contributed by atoms with Crippen molar-refractivity contribution in [2.75, 3.05) is 13.2 Å². The molecule has 0 saturated carbocycles. The van der Waals surface area contributed by atoms with Gasteiger partial charge in [-0.25, -0.2) is 4.39 Å². The lowest BCUT2D eigenvalue weighted by Crippen LogP contribution is -2.53. The summed E-state index contributed by atoms with van der Waals surface area (Å²) in [6.45, 7) is 8.78. The maximum Gasteiger partial charge on any atom is 0.431 e. The van der Waals surface area contributed by atoms with Crippen LogP contribution in [0, 0.1) is 5.41 Å². The maximum atomic E-state index is 13.6. The van der Waals surface area contributed by atoms with Gasteiger partial charge in [-0.1, -0.05) is 141 Å². The standard InChI is InChI=1S/C35H57F7O2/c1-4-32(3,5-2)27-31(44-28-30-23-19-18-20-24-30)29-43-26-22-17-15-13-11-9-7-6-8-10-12-14-16-21-25-33(36,34(37,38)39)35(40,41)42/h18-20,23-24,31H,4-17,21-22,25-29H2,1-3H3. The van der Waals surface area contributed by atoms with E-state index in [1.54, 1.807) is 0 Å². The van der Waals surface area contributed by atoms with Crippen LogP contribution in [0.2, 0.25) is 0 Å². The molecule has 0 radical (unpaired) electrons. The molecule has 1 aromatic carbocycles. The highest BCUT2D eigenvalue weighted by Gasteiger charge is 2.71. The number of hydrogen-bond donors (Lipinski definition) is 0. The lowest BCUT2D eigenvalue weighted by Gasteiger charge is -2.31. The van der Waals surface area contributed by atoms with Crippen LogP contribution < -0.4 is 0 Å². The number of unbranched alkanes of at least 4 members (excludes halogenated alkanes) is 13. The molecule has 0 fully saturated rings. The molecule has 0 spiro atoms. The minimum atomic E-state index is -5.94. The van der Waals surface area contributed by atoms with Crippen LogP contribution in [0.4, 0.5) is 30.7 Å². The van der Waals surface area contributed by atoms with Crippen molar-refractivity contribution in [1.82, 2.24) is 0 Å². The van der Waals surface area contributed by atoms with Crippen molar-refractivity contribution in [3.8, 4) is 0 Å². The van der Waals surface area contributed by atoms with E-state index in [9.17, 15) is 30.7 Å². The molecule has 0 aliphatic rings. The number of ether oxygens (including phenoxy) is 2. The van der Waals surface area contributed by atoms with E-state index in [4.69, 9.17) is 9.47 Å². The fourth-order valence-electron chi connectivity index (χ4n) is 5.40. The summed E-state index contributed by atoms with van der Waals surface area (Å²) < 4.78 is 101. The Bertz CT molecular complexity index is 809. The van der Waals surface area contributed by atoms with Gasteiger partial charge in [0.25, 0.3) is 5.67 Å². The van der Waals surface area contributed by atoms with Crippen LogP contribution in [-0.4, -0.2) is 37.3 Å². The molecule has 0 amide bonds. The highest BCUT2D eigenvalue weighted by molar-refractivity contribution is 5.13. The zero-order valence-electron chi connectivity index (χ0n) is 27.3. The molecule has 1 rings (SSSR count). The minimum absolute atomic E-state index is 0.0818. The average molecular weight is 643 g/mol. The Balaban J connectivity index is 2.04. The number of alkyl halides is 7. The fraction of sp³-hybridized carbons (Fsp3) is 0.829. The molecule has 1 aromatic rings. The molecule has 0 heterocycles. The Kier molecular flexibility index (Phi) is 19.8. The van der Waals surface area contributed by atoms with Crippen LogP contribution in [0.15, 0.2) is 30.3 Å². The Morgan fingerprint density at radius 1 is 0.614 bits per heavy atom. The monoisotopic (exact) mass is 642 g/mol. The average Bonchev–Trinajstić information content (AvgIpc) is 2.98. The van der Waals surface area contributed by atoms with Crippen LogP contribution in [-0.2, 0) is 16.1 Å².